The van der Waals surface area contributed by atoms with Gasteiger partial charge in [0.15, 0.2) is 5.78 Å². The average Bonchev–Trinajstić information content (AvgIpc) is 2.67. The third kappa shape index (κ3) is 3.38. The molecule has 0 bridgehead atoms. The zero-order valence-corrected chi connectivity index (χ0v) is 12.2. The fourth-order valence-corrected chi connectivity index (χ4v) is 2.50. The molecule has 1 N–H and O–H groups in total. The fraction of sp³-hybridized carbons (Fsp3) is 0.438. The Morgan fingerprint density at radius 2 is 1.95 bits per heavy atom. The topological polar surface area (TPSA) is 29.1 Å². The summed E-state index contributed by atoms with van der Waals surface area (Å²) in [6.07, 6.45) is 5.20. The summed E-state index contributed by atoms with van der Waals surface area (Å²) >= 11 is 5.87. The van der Waals surface area contributed by atoms with Gasteiger partial charge in [0.05, 0.1) is 6.04 Å². The van der Waals surface area contributed by atoms with Gasteiger partial charge >= 0.3 is 0 Å². The lowest BCUT2D eigenvalue weighted by Crippen LogP contribution is -2.25. The molecule has 0 saturated heterocycles. The summed E-state index contributed by atoms with van der Waals surface area (Å²) in [5.74, 6) is 0.308. The van der Waals surface area contributed by atoms with E-state index in [0.717, 1.165) is 35.5 Å². The molecule has 1 aromatic rings. The van der Waals surface area contributed by atoms with Crippen LogP contribution >= 0.6 is 11.6 Å². The summed E-state index contributed by atoms with van der Waals surface area (Å²) in [5, 5.41) is 4.12. The Morgan fingerprint density at radius 1 is 1.26 bits per heavy atom. The number of nitrogens with one attached hydrogen (secondary N) is 1. The van der Waals surface area contributed by atoms with Crippen LogP contribution in [0.25, 0.3) is 0 Å². The van der Waals surface area contributed by atoms with E-state index < -0.39 is 0 Å². The summed E-state index contributed by atoms with van der Waals surface area (Å²) in [6, 6.07) is 7.69. The van der Waals surface area contributed by atoms with Crippen molar-refractivity contribution in [2.75, 3.05) is 5.32 Å². The summed E-state index contributed by atoms with van der Waals surface area (Å²) in [6.45, 7) is 4.14. The lowest BCUT2D eigenvalue weighted by molar-refractivity contribution is -0.118. The predicted octanol–water partition coefficient (Wildman–Crippen LogP) is 4.46. The number of allylic oxidation sites excluding steroid dienone is 1. The zero-order valence-electron chi connectivity index (χ0n) is 11.4. The molecule has 1 aliphatic carbocycles. The minimum Gasteiger partial charge on any atom is -0.378 e. The van der Waals surface area contributed by atoms with Crippen molar-refractivity contribution in [3.63, 3.8) is 0 Å². The molecular formula is C16H20ClNO. The molecule has 0 aromatic heterocycles. The van der Waals surface area contributed by atoms with E-state index in [1.807, 2.05) is 31.2 Å². The highest BCUT2D eigenvalue weighted by atomic mass is 35.5. The number of carbonyl (C=O) groups excluding carboxylic acids is 1. The standard InChI is InChI=1S/C16H20ClNO/c1-3-4-5-12-10-15(11(2)16(12)19)18-14-8-6-13(17)7-9-14/h6-11,15,18H,3-5H2,1-2H3/t11-,15+/m0/s1. The normalized spacial score (nSPS) is 22.5. The van der Waals surface area contributed by atoms with Gasteiger partial charge in [0, 0.05) is 16.6 Å². The summed E-state index contributed by atoms with van der Waals surface area (Å²) in [5.41, 5.74) is 1.99. The van der Waals surface area contributed by atoms with E-state index in [1.54, 1.807) is 0 Å². The van der Waals surface area contributed by atoms with Crippen molar-refractivity contribution in [1.29, 1.82) is 0 Å². The molecule has 0 amide bonds. The fourth-order valence-electron chi connectivity index (χ4n) is 2.38. The molecule has 0 radical (unpaired) electrons. The highest BCUT2D eigenvalue weighted by Crippen LogP contribution is 2.28. The van der Waals surface area contributed by atoms with E-state index in [2.05, 4.69) is 18.3 Å². The zero-order chi connectivity index (χ0) is 13.8. The molecule has 1 aromatic carbocycles. The van der Waals surface area contributed by atoms with Crippen molar-refractivity contribution < 1.29 is 4.79 Å². The molecule has 0 fully saturated rings. The van der Waals surface area contributed by atoms with Gasteiger partial charge in [-0.05, 0) is 42.7 Å². The number of rotatable bonds is 5. The second-order valence-electron chi connectivity index (χ2n) is 5.13. The maximum Gasteiger partial charge on any atom is 0.163 e. The van der Waals surface area contributed by atoms with Gasteiger partial charge in [-0.15, -0.1) is 0 Å². The molecule has 102 valence electrons. The number of hydrogen-bond donors (Lipinski definition) is 1. The monoisotopic (exact) mass is 277 g/mol. The van der Waals surface area contributed by atoms with Gasteiger partial charge < -0.3 is 5.32 Å². The number of carbonyl (C=O) groups is 1. The number of anilines is 1. The quantitative estimate of drug-likeness (QED) is 0.861. The average molecular weight is 278 g/mol. The Kier molecular flexibility index (Phi) is 4.65. The van der Waals surface area contributed by atoms with Crippen molar-refractivity contribution in [3.05, 3.63) is 40.9 Å². The Balaban J connectivity index is 2.05. The van der Waals surface area contributed by atoms with Crippen LogP contribution in [0.15, 0.2) is 35.9 Å². The van der Waals surface area contributed by atoms with E-state index >= 15 is 0 Å². The third-order valence-electron chi connectivity index (χ3n) is 3.63. The van der Waals surface area contributed by atoms with Crippen LogP contribution in [-0.2, 0) is 4.79 Å². The van der Waals surface area contributed by atoms with Gasteiger partial charge in [-0.3, -0.25) is 4.79 Å². The first-order valence-corrected chi connectivity index (χ1v) is 7.26. The second kappa shape index (κ2) is 6.25. The predicted molar refractivity (Wildman–Crippen MR) is 80.6 cm³/mol. The van der Waals surface area contributed by atoms with Gasteiger partial charge in [0.25, 0.3) is 0 Å². The second-order valence-corrected chi connectivity index (χ2v) is 5.56. The lowest BCUT2D eigenvalue weighted by Gasteiger charge is -2.16. The van der Waals surface area contributed by atoms with Crippen molar-refractivity contribution in [2.45, 2.75) is 39.2 Å². The Bertz CT molecular complexity index is 478. The maximum absolute atomic E-state index is 12.1. The molecule has 0 unspecified atom stereocenters. The molecule has 2 atom stereocenters. The van der Waals surface area contributed by atoms with Crippen molar-refractivity contribution in [3.8, 4) is 0 Å². The van der Waals surface area contributed by atoms with Crippen LogP contribution in [0.5, 0.6) is 0 Å². The molecule has 3 heteroatoms. The minimum atomic E-state index is 0.0162. The molecule has 2 nitrogen and oxygen atoms in total. The largest absolute Gasteiger partial charge is 0.378 e. The van der Waals surface area contributed by atoms with Crippen LogP contribution in [0.2, 0.25) is 5.02 Å². The molecule has 1 aliphatic rings. The molecular weight excluding hydrogens is 258 g/mol. The Hall–Kier alpha value is -1.28. The van der Waals surface area contributed by atoms with Gasteiger partial charge in [-0.25, -0.2) is 0 Å². The van der Waals surface area contributed by atoms with Crippen LogP contribution in [-0.4, -0.2) is 11.8 Å². The van der Waals surface area contributed by atoms with Crippen LogP contribution in [0.3, 0.4) is 0 Å². The smallest absolute Gasteiger partial charge is 0.163 e. The van der Waals surface area contributed by atoms with Crippen LogP contribution < -0.4 is 5.32 Å². The Morgan fingerprint density at radius 3 is 2.58 bits per heavy atom. The van der Waals surface area contributed by atoms with Crippen LogP contribution in [0.4, 0.5) is 5.69 Å². The van der Waals surface area contributed by atoms with Crippen LogP contribution in [0, 0.1) is 5.92 Å². The van der Waals surface area contributed by atoms with Gasteiger partial charge in [-0.2, -0.15) is 0 Å². The number of unbranched alkanes of at least 4 members (excludes halogenated alkanes) is 1. The number of ketones is 1. The van der Waals surface area contributed by atoms with Gasteiger partial charge in [-0.1, -0.05) is 37.9 Å². The molecule has 2 rings (SSSR count). The molecule has 0 spiro atoms. The first-order valence-electron chi connectivity index (χ1n) is 6.89. The summed E-state index contributed by atoms with van der Waals surface area (Å²) < 4.78 is 0. The first-order chi connectivity index (χ1) is 9.11. The molecule has 19 heavy (non-hydrogen) atoms. The minimum absolute atomic E-state index is 0.0162. The van der Waals surface area contributed by atoms with E-state index in [1.165, 1.54) is 0 Å². The Labute approximate surface area is 119 Å². The highest BCUT2D eigenvalue weighted by Gasteiger charge is 2.31. The first kappa shape index (κ1) is 14.1. The van der Waals surface area contributed by atoms with E-state index in [4.69, 9.17) is 11.6 Å². The van der Waals surface area contributed by atoms with Crippen molar-refractivity contribution >= 4 is 23.1 Å². The van der Waals surface area contributed by atoms with E-state index in [-0.39, 0.29) is 12.0 Å². The van der Waals surface area contributed by atoms with E-state index in [9.17, 15) is 4.79 Å². The highest BCUT2D eigenvalue weighted by molar-refractivity contribution is 6.30. The van der Waals surface area contributed by atoms with Gasteiger partial charge in [0.2, 0.25) is 0 Å². The number of halogens is 1. The molecule has 0 aliphatic heterocycles. The number of benzene rings is 1. The van der Waals surface area contributed by atoms with E-state index in [0.29, 0.717) is 5.78 Å². The van der Waals surface area contributed by atoms with Crippen molar-refractivity contribution in [1.82, 2.24) is 0 Å². The SMILES string of the molecule is CCCCC1=C[C@@H](Nc2ccc(Cl)cc2)[C@H](C)C1=O. The lowest BCUT2D eigenvalue weighted by atomic mass is 10.0. The number of hydrogen-bond acceptors (Lipinski definition) is 2. The molecule has 0 saturated carbocycles. The number of Topliss-reactive ketones (excluding diaryl/α,β-unsaturated/α-hetero) is 1. The van der Waals surface area contributed by atoms with Gasteiger partial charge in [0.1, 0.15) is 0 Å². The van der Waals surface area contributed by atoms with Crippen molar-refractivity contribution in [2.24, 2.45) is 5.92 Å². The maximum atomic E-state index is 12.1. The third-order valence-corrected chi connectivity index (χ3v) is 3.88. The van der Waals surface area contributed by atoms with Crippen LogP contribution in [0.1, 0.15) is 33.1 Å². The summed E-state index contributed by atoms with van der Waals surface area (Å²) in [4.78, 5) is 12.1. The summed E-state index contributed by atoms with van der Waals surface area (Å²) in [7, 11) is 0. The molecule has 0 heterocycles.